The molecule has 0 fully saturated rings. The average Bonchev–Trinajstić information content (AvgIpc) is 3.15. The van der Waals surface area contributed by atoms with Crippen LogP contribution in [0.2, 0.25) is 5.02 Å². The van der Waals surface area contributed by atoms with E-state index in [1.165, 1.54) is 14.2 Å². The molecule has 0 aliphatic rings. The van der Waals surface area contributed by atoms with Crippen LogP contribution in [0.5, 0.6) is 0 Å². The van der Waals surface area contributed by atoms with E-state index in [4.69, 9.17) is 16.4 Å². The van der Waals surface area contributed by atoms with Gasteiger partial charge in [0.15, 0.2) is 6.10 Å². The molecule has 8 heteroatoms. The van der Waals surface area contributed by atoms with Gasteiger partial charge in [0.1, 0.15) is 5.69 Å². The number of amides is 2. The van der Waals surface area contributed by atoms with Crippen molar-refractivity contribution in [1.82, 2.24) is 15.4 Å². The molecule has 3 rings (SSSR count). The molecule has 3 aromatic rings. The quantitative estimate of drug-likeness (QED) is 0.517. The standard InChI is InChI=1S/C21H22ClN3O4/c1-25(29-2)21(28)19(26)17(10-13-6-4-3-5-7-13)24-20(27)18-12-14-11-15(22)8-9-16(14)23-18/h3-9,11-12,17,19,23,26H,10H2,1-2H3,(H,24,27)/t17-,19+/m0/s1. The summed E-state index contributed by atoms with van der Waals surface area (Å²) < 4.78 is 0. The van der Waals surface area contributed by atoms with Crippen molar-refractivity contribution in [3.63, 3.8) is 0 Å². The fourth-order valence-corrected chi connectivity index (χ4v) is 3.21. The van der Waals surface area contributed by atoms with Crippen molar-refractivity contribution in [1.29, 1.82) is 0 Å². The van der Waals surface area contributed by atoms with E-state index in [0.29, 0.717) is 10.7 Å². The Balaban J connectivity index is 1.84. The van der Waals surface area contributed by atoms with Gasteiger partial charge in [0.2, 0.25) is 0 Å². The summed E-state index contributed by atoms with van der Waals surface area (Å²) in [6.07, 6.45) is -1.22. The van der Waals surface area contributed by atoms with Crippen LogP contribution >= 0.6 is 11.6 Å². The Morgan fingerprint density at radius 1 is 1.21 bits per heavy atom. The first-order valence-electron chi connectivity index (χ1n) is 9.02. The smallest absolute Gasteiger partial charge is 0.276 e. The first-order chi connectivity index (χ1) is 13.9. The molecule has 0 saturated heterocycles. The monoisotopic (exact) mass is 415 g/mol. The van der Waals surface area contributed by atoms with Crippen molar-refractivity contribution >= 4 is 34.3 Å². The number of fused-ring (bicyclic) bond motifs is 1. The molecule has 0 spiro atoms. The van der Waals surface area contributed by atoms with Gasteiger partial charge in [-0.25, -0.2) is 5.06 Å². The summed E-state index contributed by atoms with van der Waals surface area (Å²) in [5, 5.41) is 15.6. The topological polar surface area (TPSA) is 94.7 Å². The van der Waals surface area contributed by atoms with E-state index in [-0.39, 0.29) is 6.42 Å². The third-order valence-electron chi connectivity index (χ3n) is 4.66. The van der Waals surface area contributed by atoms with E-state index in [9.17, 15) is 14.7 Å². The zero-order valence-electron chi connectivity index (χ0n) is 16.1. The molecule has 0 unspecified atom stereocenters. The fourth-order valence-electron chi connectivity index (χ4n) is 3.03. The highest BCUT2D eigenvalue weighted by Crippen LogP contribution is 2.20. The number of carbonyl (C=O) groups is 2. The average molecular weight is 416 g/mol. The van der Waals surface area contributed by atoms with Crippen molar-refractivity contribution in [3.8, 4) is 0 Å². The number of carbonyl (C=O) groups excluding carboxylic acids is 2. The highest BCUT2D eigenvalue weighted by molar-refractivity contribution is 6.31. The molecule has 1 aromatic heterocycles. The van der Waals surface area contributed by atoms with Gasteiger partial charge in [-0.2, -0.15) is 0 Å². The summed E-state index contributed by atoms with van der Waals surface area (Å²) in [6.45, 7) is 0. The lowest BCUT2D eigenvalue weighted by Gasteiger charge is -2.26. The number of hydrogen-bond acceptors (Lipinski definition) is 4. The summed E-state index contributed by atoms with van der Waals surface area (Å²) in [6, 6.07) is 15.4. The Morgan fingerprint density at radius 3 is 2.62 bits per heavy atom. The molecule has 2 amide bonds. The summed E-state index contributed by atoms with van der Waals surface area (Å²) in [4.78, 5) is 33.1. The molecule has 152 valence electrons. The number of hydroxylamine groups is 2. The van der Waals surface area contributed by atoms with Crippen LogP contribution < -0.4 is 5.32 Å². The number of rotatable bonds is 7. The maximum Gasteiger partial charge on any atom is 0.276 e. The van der Waals surface area contributed by atoms with Gasteiger partial charge < -0.3 is 15.4 Å². The summed E-state index contributed by atoms with van der Waals surface area (Å²) >= 11 is 6.00. The van der Waals surface area contributed by atoms with Crippen molar-refractivity contribution in [2.75, 3.05) is 14.2 Å². The molecule has 2 aromatic carbocycles. The van der Waals surface area contributed by atoms with Gasteiger partial charge in [0, 0.05) is 23.0 Å². The van der Waals surface area contributed by atoms with Crippen molar-refractivity contribution in [3.05, 3.63) is 70.9 Å². The largest absolute Gasteiger partial charge is 0.381 e. The minimum Gasteiger partial charge on any atom is -0.381 e. The van der Waals surface area contributed by atoms with Crippen LogP contribution in [0.3, 0.4) is 0 Å². The number of likely N-dealkylation sites (N-methyl/N-ethyl adjacent to an activating group) is 1. The Bertz CT molecular complexity index is 1010. The molecule has 29 heavy (non-hydrogen) atoms. The third-order valence-corrected chi connectivity index (χ3v) is 4.90. The van der Waals surface area contributed by atoms with Crippen LogP contribution in [0, 0.1) is 0 Å². The molecule has 3 N–H and O–H groups in total. The number of aromatic nitrogens is 1. The van der Waals surface area contributed by atoms with Crippen LogP contribution in [0.15, 0.2) is 54.6 Å². The van der Waals surface area contributed by atoms with E-state index in [1.54, 1.807) is 24.3 Å². The van der Waals surface area contributed by atoms with E-state index in [0.717, 1.165) is 21.5 Å². The number of aliphatic hydroxyl groups is 1. The zero-order chi connectivity index (χ0) is 21.0. The number of halogens is 1. The second-order valence-electron chi connectivity index (χ2n) is 6.65. The van der Waals surface area contributed by atoms with E-state index in [1.807, 2.05) is 30.3 Å². The van der Waals surface area contributed by atoms with E-state index >= 15 is 0 Å². The second-order valence-corrected chi connectivity index (χ2v) is 7.08. The first-order valence-corrected chi connectivity index (χ1v) is 9.39. The van der Waals surface area contributed by atoms with Gasteiger partial charge >= 0.3 is 0 Å². The van der Waals surface area contributed by atoms with Crippen molar-refractivity contribution < 1.29 is 19.5 Å². The van der Waals surface area contributed by atoms with E-state index in [2.05, 4.69) is 10.3 Å². The highest BCUT2D eigenvalue weighted by atomic mass is 35.5. The number of aliphatic hydroxyl groups excluding tert-OH is 1. The Labute approximate surface area is 173 Å². The molecular formula is C21H22ClN3O4. The molecule has 0 bridgehead atoms. The number of nitrogens with zero attached hydrogens (tertiary/aromatic N) is 1. The number of benzene rings is 2. The highest BCUT2D eigenvalue weighted by Gasteiger charge is 2.31. The molecule has 0 aliphatic carbocycles. The predicted molar refractivity (Wildman–Crippen MR) is 110 cm³/mol. The summed E-state index contributed by atoms with van der Waals surface area (Å²) in [7, 11) is 2.72. The number of H-pyrrole nitrogens is 1. The molecule has 2 atom stereocenters. The lowest BCUT2D eigenvalue weighted by molar-refractivity contribution is -0.179. The lowest BCUT2D eigenvalue weighted by atomic mass is 10.0. The van der Waals surface area contributed by atoms with Gasteiger partial charge in [-0.3, -0.25) is 14.4 Å². The van der Waals surface area contributed by atoms with Crippen LogP contribution in [-0.2, 0) is 16.1 Å². The first kappa shape index (κ1) is 20.9. The molecule has 0 radical (unpaired) electrons. The Hall–Kier alpha value is -2.87. The van der Waals surface area contributed by atoms with Crippen LogP contribution in [0.1, 0.15) is 16.1 Å². The van der Waals surface area contributed by atoms with Gasteiger partial charge in [-0.1, -0.05) is 41.9 Å². The predicted octanol–water partition coefficient (Wildman–Crippen LogP) is 2.54. The molecule has 7 nitrogen and oxygen atoms in total. The van der Waals surface area contributed by atoms with Gasteiger partial charge in [0.05, 0.1) is 13.2 Å². The van der Waals surface area contributed by atoms with E-state index < -0.39 is 24.0 Å². The SMILES string of the molecule is CON(C)C(=O)[C@H](O)[C@H](Cc1ccccc1)NC(=O)c1cc2cc(Cl)ccc2[nH]1. The molecule has 0 aliphatic heterocycles. The lowest BCUT2D eigenvalue weighted by Crippen LogP contribution is -2.51. The van der Waals surface area contributed by atoms with Crippen molar-refractivity contribution in [2.45, 2.75) is 18.6 Å². The number of aromatic amines is 1. The minimum atomic E-state index is -1.48. The van der Waals surface area contributed by atoms with Gasteiger partial charge in [-0.15, -0.1) is 0 Å². The van der Waals surface area contributed by atoms with Crippen molar-refractivity contribution in [2.24, 2.45) is 0 Å². The minimum absolute atomic E-state index is 0.267. The van der Waals surface area contributed by atoms with Crippen LogP contribution in [-0.4, -0.2) is 53.3 Å². The molecular weight excluding hydrogens is 394 g/mol. The fraction of sp³-hybridized carbons (Fsp3) is 0.238. The summed E-state index contributed by atoms with van der Waals surface area (Å²) in [5.41, 5.74) is 1.93. The second kappa shape index (κ2) is 9.09. The summed E-state index contributed by atoms with van der Waals surface area (Å²) in [5.74, 6) is -1.10. The van der Waals surface area contributed by atoms with Crippen LogP contribution in [0.4, 0.5) is 0 Å². The van der Waals surface area contributed by atoms with Crippen LogP contribution in [0.25, 0.3) is 10.9 Å². The molecule has 1 heterocycles. The van der Waals surface area contributed by atoms with Gasteiger partial charge in [-0.05, 0) is 36.2 Å². The number of hydrogen-bond donors (Lipinski definition) is 3. The van der Waals surface area contributed by atoms with Gasteiger partial charge in [0.25, 0.3) is 11.8 Å². The maximum atomic E-state index is 12.8. The molecule has 0 saturated carbocycles. The zero-order valence-corrected chi connectivity index (χ0v) is 16.8. The normalized spacial score (nSPS) is 13.1. The Morgan fingerprint density at radius 2 is 1.93 bits per heavy atom. The third kappa shape index (κ3) is 4.95. The maximum absolute atomic E-state index is 12.8. The Kier molecular flexibility index (Phi) is 6.53. The number of nitrogens with one attached hydrogen (secondary N) is 2.